The topological polar surface area (TPSA) is 78.1 Å². The maximum absolute atomic E-state index is 13.1. The molecule has 2 aromatic heterocycles. The van der Waals surface area contributed by atoms with Crippen molar-refractivity contribution in [3.05, 3.63) is 113 Å². The summed E-state index contributed by atoms with van der Waals surface area (Å²) in [5.41, 5.74) is -0.696. The van der Waals surface area contributed by atoms with Crippen LogP contribution in [-0.2, 0) is 0 Å². The Morgan fingerprint density at radius 1 is 0.531 bits per heavy atom. The molecule has 0 spiro atoms. The highest BCUT2D eigenvalue weighted by Crippen LogP contribution is 2.18. The molecule has 5 rings (SSSR count). The van der Waals surface area contributed by atoms with Crippen molar-refractivity contribution >= 4 is 21.5 Å². The number of hydrogen-bond acceptors (Lipinski definition) is 4. The third kappa shape index (κ3) is 2.57. The van der Waals surface area contributed by atoms with E-state index in [9.17, 15) is 19.2 Å². The molecule has 0 aliphatic rings. The van der Waals surface area contributed by atoms with Crippen molar-refractivity contribution in [3.63, 3.8) is 0 Å². The molecule has 0 unspecified atom stereocenters. The molecular weight excluding hydrogens is 404 g/mol. The van der Waals surface area contributed by atoms with Gasteiger partial charge in [-0.2, -0.15) is 0 Å². The normalized spacial score (nSPS) is 10.9. The number of hydrogen-bond donors (Lipinski definition) is 0. The lowest BCUT2D eigenvalue weighted by Gasteiger charge is -2.00. The zero-order valence-electron chi connectivity index (χ0n) is 16.5. The minimum absolute atomic E-state index is 0.0558. The van der Waals surface area contributed by atoms with E-state index in [0.717, 1.165) is 9.13 Å². The summed E-state index contributed by atoms with van der Waals surface area (Å²) in [6.45, 7) is 0. The van der Waals surface area contributed by atoms with Crippen LogP contribution in [0.1, 0.15) is 11.1 Å². The largest absolute Gasteiger partial charge is 0.268 e. The van der Waals surface area contributed by atoms with Crippen molar-refractivity contribution in [2.24, 2.45) is 0 Å². The van der Waals surface area contributed by atoms with Crippen LogP contribution in [0.5, 0.6) is 0 Å². The molecule has 0 amide bonds. The Kier molecular flexibility index (Phi) is 4.05. The highest BCUT2D eigenvalue weighted by atomic mass is 16.2. The molecule has 0 fully saturated rings. The maximum atomic E-state index is 13.1. The van der Waals surface area contributed by atoms with E-state index in [0.29, 0.717) is 22.5 Å². The summed E-state index contributed by atoms with van der Waals surface area (Å²) in [6.07, 6.45) is 10.8. The first-order chi connectivity index (χ1) is 15.4. The van der Waals surface area contributed by atoms with Crippen LogP contribution in [0.3, 0.4) is 0 Å². The number of aromatic nitrogens is 2. The standard InChI is InChI=1S/C26H12N2O4/c1-3-15-7-5-9-17(11-15)27-23(29)19-13-21-22(14-20(19)24(27)30)26(32)28(25(21)31)18-10-6-8-16(4-2)12-18/h1-2,5-14H. The third-order valence-electron chi connectivity index (χ3n) is 5.43. The Labute approximate surface area is 180 Å². The number of benzene rings is 3. The molecule has 0 atom stereocenters. The fourth-order valence-corrected chi connectivity index (χ4v) is 3.91. The van der Waals surface area contributed by atoms with Gasteiger partial charge in [-0.25, -0.2) is 9.13 Å². The van der Waals surface area contributed by atoms with E-state index in [2.05, 4.69) is 11.8 Å². The second-order valence-electron chi connectivity index (χ2n) is 7.22. The molecule has 0 radical (unpaired) electrons. The molecular formula is C26H12N2O4. The van der Waals surface area contributed by atoms with Crippen LogP contribution in [0, 0.1) is 24.7 Å². The Morgan fingerprint density at radius 3 is 1.19 bits per heavy atom. The van der Waals surface area contributed by atoms with Gasteiger partial charge in [0.15, 0.2) is 0 Å². The van der Waals surface area contributed by atoms with Crippen molar-refractivity contribution < 1.29 is 0 Å². The molecule has 2 heterocycles. The zero-order chi connectivity index (χ0) is 22.6. The van der Waals surface area contributed by atoms with Gasteiger partial charge in [0.2, 0.25) is 0 Å². The van der Waals surface area contributed by atoms with E-state index in [-0.39, 0.29) is 21.5 Å². The minimum Gasteiger partial charge on any atom is -0.268 e. The van der Waals surface area contributed by atoms with E-state index in [4.69, 9.17) is 12.8 Å². The molecule has 6 heteroatoms. The van der Waals surface area contributed by atoms with Crippen LogP contribution in [0.2, 0.25) is 0 Å². The summed E-state index contributed by atoms with van der Waals surface area (Å²) in [7, 11) is 0. The monoisotopic (exact) mass is 416 g/mol. The summed E-state index contributed by atoms with van der Waals surface area (Å²) in [6, 6.07) is 15.5. The Balaban J connectivity index is 1.83. The molecule has 0 bridgehead atoms. The average molecular weight is 416 g/mol. The SMILES string of the molecule is C#Cc1cccc(-n2c(=O)c3cc4c(=O)n(-c5cccc(C#C)c5)c(=O)c4cc3c2=O)c1. The van der Waals surface area contributed by atoms with Crippen LogP contribution in [-0.4, -0.2) is 9.13 Å². The van der Waals surface area contributed by atoms with Gasteiger partial charge in [-0.15, -0.1) is 12.8 Å². The van der Waals surface area contributed by atoms with Gasteiger partial charge in [-0.05, 0) is 48.5 Å². The highest BCUT2D eigenvalue weighted by molar-refractivity contribution is 5.98. The maximum Gasteiger partial charge on any atom is 0.266 e. The lowest BCUT2D eigenvalue weighted by atomic mass is 10.1. The van der Waals surface area contributed by atoms with E-state index in [1.807, 2.05) is 0 Å². The Morgan fingerprint density at radius 2 is 0.875 bits per heavy atom. The van der Waals surface area contributed by atoms with E-state index >= 15 is 0 Å². The Hall–Kier alpha value is -4.94. The van der Waals surface area contributed by atoms with Crippen LogP contribution in [0.25, 0.3) is 32.9 Å². The fraction of sp³-hybridized carbons (Fsp3) is 0. The van der Waals surface area contributed by atoms with E-state index in [1.165, 1.54) is 12.1 Å². The third-order valence-corrected chi connectivity index (χ3v) is 5.43. The van der Waals surface area contributed by atoms with Crippen molar-refractivity contribution in [1.82, 2.24) is 9.13 Å². The molecule has 150 valence electrons. The first-order valence-corrected chi connectivity index (χ1v) is 9.53. The van der Waals surface area contributed by atoms with Crippen molar-refractivity contribution in [2.45, 2.75) is 0 Å². The van der Waals surface area contributed by atoms with Gasteiger partial charge < -0.3 is 0 Å². The molecule has 32 heavy (non-hydrogen) atoms. The minimum atomic E-state index is -0.588. The van der Waals surface area contributed by atoms with Gasteiger partial charge in [-0.3, -0.25) is 19.2 Å². The predicted octanol–water partition coefficient (Wildman–Crippen LogP) is 1.85. The molecule has 0 saturated carbocycles. The quantitative estimate of drug-likeness (QED) is 0.412. The van der Waals surface area contributed by atoms with Gasteiger partial charge in [0.25, 0.3) is 22.2 Å². The molecule has 5 aromatic rings. The zero-order valence-corrected chi connectivity index (χ0v) is 16.5. The number of rotatable bonds is 2. The summed E-state index contributed by atoms with van der Waals surface area (Å²) in [5.74, 6) is 4.92. The van der Waals surface area contributed by atoms with Crippen LogP contribution < -0.4 is 22.2 Å². The van der Waals surface area contributed by atoms with Crippen molar-refractivity contribution in [2.75, 3.05) is 0 Å². The lowest BCUT2D eigenvalue weighted by Crippen LogP contribution is -2.24. The number of terminal acetylenes is 2. The molecule has 3 aromatic carbocycles. The van der Waals surface area contributed by atoms with Gasteiger partial charge in [0.1, 0.15) is 0 Å². The summed E-state index contributed by atoms with van der Waals surface area (Å²) in [5, 5.41) is 0.223. The van der Waals surface area contributed by atoms with Crippen molar-refractivity contribution in [1.29, 1.82) is 0 Å². The van der Waals surface area contributed by atoms with Crippen molar-refractivity contribution in [3.8, 4) is 36.1 Å². The summed E-state index contributed by atoms with van der Waals surface area (Å²) in [4.78, 5) is 52.2. The van der Waals surface area contributed by atoms with Gasteiger partial charge >= 0.3 is 0 Å². The van der Waals surface area contributed by atoms with E-state index in [1.54, 1.807) is 48.5 Å². The molecule has 0 aliphatic carbocycles. The first-order valence-electron chi connectivity index (χ1n) is 9.53. The number of fused-ring (bicyclic) bond motifs is 2. The highest BCUT2D eigenvalue weighted by Gasteiger charge is 2.21. The van der Waals surface area contributed by atoms with E-state index < -0.39 is 22.2 Å². The Bertz CT molecular complexity index is 1670. The molecule has 0 aliphatic heterocycles. The average Bonchev–Trinajstić information content (AvgIpc) is 3.21. The van der Waals surface area contributed by atoms with Gasteiger partial charge in [0, 0.05) is 11.1 Å². The van der Waals surface area contributed by atoms with Gasteiger partial charge in [-0.1, -0.05) is 24.0 Å². The summed E-state index contributed by atoms with van der Waals surface area (Å²) < 4.78 is 1.98. The van der Waals surface area contributed by atoms with Gasteiger partial charge in [0.05, 0.1) is 32.9 Å². The molecule has 0 N–H and O–H groups in total. The number of nitrogens with zero attached hydrogens (tertiary/aromatic N) is 2. The van der Waals surface area contributed by atoms with Crippen LogP contribution in [0.4, 0.5) is 0 Å². The first kappa shape index (κ1) is 19.0. The fourth-order valence-electron chi connectivity index (χ4n) is 3.91. The smallest absolute Gasteiger partial charge is 0.266 e. The lowest BCUT2D eigenvalue weighted by molar-refractivity contribution is 0.987. The summed E-state index contributed by atoms with van der Waals surface area (Å²) >= 11 is 0. The predicted molar refractivity (Wildman–Crippen MR) is 123 cm³/mol. The molecule has 6 nitrogen and oxygen atoms in total. The second-order valence-corrected chi connectivity index (χ2v) is 7.22. The van der Waals surface area contributed by atoms with Crippen LogP contribution in [0.15, 0.2) is 79.8 Å². The van der Waals surface area contributed by atoms with Crippen LogP contribution >= 0.6 is 0 Å². The molecule has 0 saturated heterocycles. The second kappa shape index (κ2) is 6.80.